The first kappa shape index (κ1) is 14.9. The van der Waals surface area contributed by atoms with Gasteiger partial charge in [-0.25, -0.2) is 4.39 Å². The van der Waals surface area contributed by atoms with Crippen molar-refractivity contribution >= 4 is 5.69 Å². The highest BCUT2D eigenvalue weighted by Crippen LogP contribution is 2.25. The highest BCUT2D eigenvalue weighted by atomic mass is 19.1. The summed E-state index contributed by atoms with van der Waals surface area (Å²) in [5.41, 5.74) is 6.05. The first-order valence-electron chi connectivity index (χ1n) is 6.86. The molecule has 1 aromatic carbocycles. The third kappa shape index (κ3) is 3.32. The summed E-state index contributed by atoms with van der Waals surface area (Å²) in [6, 6.07) is 3.84. The predicted octanol–water partition coefficient (Wildman–Crippen LogP) is 2.15. The Kier molecular flexibility index (Phi) is 4.67. The van der Waals surface area contributed by atoms with Crippen LogP contribution in [0.2, 0.25) is 0 Å². The monoisotopic (exact) mass is 281 g/mol. The summed E-state index contributed by atoms with van der Waals surface area (Å²) in [6.07, 6.45) is 1.05. The molecule has 110 valence electrons. The van der Waals surface area contributed by atoms with Gasteiger partial charge >= 0.3 is 0 Å². The fraction of sp³-hybridized carbons (Fsp3) is 0.571. The van der Waals surface area contributed by atoms with Crippen LogP contribution in [0, 0.1) is 27.8 Å². The SMILES string of the molecule is CC1CCN(Cc2ccc([N+](=O)[O-])cc2F)CC1CN. The number of rotatable bonds is 4. The van der Waals surface area contributed by atoms with Gasteiger partial charge in [-0.15, -0.1) is 0 Å². The summed E-state index contributed by atoms with van der Waals surface area (Å²) in [5.74, 6) is 0.518. The molecule has 0 saturated carbocycles. The van der Waals surface area contributed by atoms with Crippen molar-refractivity contribution in [3.8, 4) is 0 Å². The predicted molar refractivity (Wildman–Crippen MR) is 74.7 cm³/mol. The molecule has 0 amide bonds. The van der Waals surface area contributed by atoms with Gasteiger partial charge in [-0.1, -0.05) is 6.92 Å². The van der Waals surface area contributed by atoms with Crippen molar-refractivity contribution in [2.24, 2.45) is 17.6 Å². The van der Waals surface area contributed by atoms with Crippen LogP contribution in [0.25, 0.3) is 0 Å². The number of nitrogens with two attached hydrogens (primary N) is 1. The van der Waals surface area contributed by atoms with Crippen molar-refractivity contribution in [2.45, 2.75) is 19.9 Å². The standard InChI is InChI=1S/C14H20FN3O2/c1-10-4-5-17(9-12(10)7-16)8-11-2-3-13(18(19)20)6-14(11)15/h2-3,6,10,12H,4-5,7-9,16H2,1H3. The van der Waals surface area contributed by atoms with E-state index >= 15 is 0 Å². The molecule has 0 aliphatic carbocycles. The van der Waals surface area contributed by atoms with Gasteiger partial charge in [0.25, 0.3) is 5.69 Å². The lowest BCUT2D eigenvalue weighted by Crippen LogP contribution is -2.42. The number of halogens is 1. The highest BCUT2D eigenvalue weighted by molar-refractivity contribution is 5.34. The molecule has 1 aromatic rings. The van der Waals surface area contributed by atoms with Crippen LogP contribution < -0.4 is 5.73 Å². The van der Waals surface area contributed by atoms with Gasteiger partial charge < -0.3 is 5.73 Å². The number of hydrogen-bond donors (Lipinski definition) is 1. The molecule has 5 nitrogen and oxygen atoms in total. The molecule has 0 bridgehead atoms. The lowest BCUT2D eigenvalue weighted by Gasteiger charge is -2.36. The molecule has 1 saturated heterocycles. The third-order valence-electron chi connectivity index (χ3n) is 4.14. The summed E-state index contributed by atoms with van der Waals surface area (Å²) in [4.78, 5) is 12.2. The van der Waals surface area contributed by atoms with E-state index in [1.54, 1.807) is 0 Å². The van der Waals surface area contributed by atoms with Crippen molar-refractivity contribution in [2.75, 3.05) is 19.6 Å². The summed E-state index contributed by atoms with van der Waals surface area (Å²) in [7, 11) is 0. The Balaban J connectivity index is 2.05. The second kappa shape index (κ2) is 6.28. The van der Waals surface area contributed by atoms with Crippen LogP contribution >= 0.6 is 0 Å². The smallest absolute Gasteiger partial charge is 0.272 e. The Morgan fingerprint density at radius 2 is 2.30 bits per heavy atom. The Labute approximate surface area is 117 Å². The fourth-order valence-corrected chi connectivity index (χ4v) is 2.69. The van der Waals surface area contributed by atoms with Gasteiger partial charge in [0.15, 0.2) is 0 Å². The first-order valence-corrected chi connectivity index (χ1v) is 6.86. The molecule has 1 aliphatic heterocycles. The molecule has 1 aliphatic rings. The molecular weight excluding hydrogens is 261 g/mol. The Bertz CT molecular complexity index is 495. The van der Waals surface area contributed by atoms with E-state index in [4.69, 9.17) is 5.73 Å². The molecule has 1 heterocycles. The van der Waals surface area contributed by atoms with E-state index in [0.29, 0.717) is 30.5 Å². The minimum Gasteiger partial charge on any atom is -0.330 e. The number of nitro benzene ring substituents is 1. The average Bonchev–Trinajstić information content (AvgIpc) is 2.42. The van der Waals surface area contributed by atoms with E-state index in [9.17, 15) is 14.5 Å². The molecular formula is C14H20FN3O2. The number of nitrogens with zero attached hydrogens (tertiary/aromatic N) is 2. The van der Waals surface area contributed by atoms with Gasteiger partial charge in [0.1, 0.15) is 5.82 Å². The van der Waals surface area contributed by atoms with Crippen molar-refractivity contribution in [3.05, 3.63) is 39.7 Å². The third-order valence-corrected chi connectivity index (χ3v) is 4.14. The molecule has 0 aromatic heterocycles. The Hall–Kier alpha value is -1.53. The maximum absolute atomic E-state index is 13.9. The number of piperidine rings is 1. The van der Waals surface area contributed by atoms with Crippen LogP contribution in [0.15, 0.2) is 18.2 Å². The van der Waals surface area contributed by atoms with Crippen LogP contribution in [-0.4, -0.2) is 29.5 Å². The van der Waals surface area contributed by atoms with Crippen molar-refractivity contribution < 1.29 is 9.31 Å². The molecule has 2 atom stereocenters. The zero-order valence-electron chi connectivity index (χ0n) is 11.6. The number of hydrogen-bond acceptors (Lipinski definition) is 4. The van der Waals surface area contributed by atoms with Crippen LogP contribution in [0.4, 0.5) is 10.1 Å². The zero-order valence-corrected chi connectivity index (χ0v) is 11.6. The Morgan fingerprint density at radius 3 is 2.90 bits per heavy atom. The maximum atomic E-state index is 13.9. The lowest BCUT2D eigenvalue weighted by molar-refractivity contribution is -0.385. The molecule has 0 spiro atoms. The minimum absolute atomic E-state index is 0.210. The highest BCUT2D eigenvalue weighted by Gasteiger charge is 2.25. The van der Waals surface area contributed by atoms with Crippen LogP contribution in [0.5, 0.6) is 0 Å². The van der Waals surface area contributed by atoms with E-state index in [-0.39, 0.29) is 5.69 Å². The van der Waals surface area contributed by atoms with Crippen molar-refractivity contribution in [1.29, 1.82) is 0 Å². The minimum atomic E-state index is -0.583. The van der Waals surface area contributed by atoms with Crippen LogP contribution in [0.1, 0.15) is 18.9 Å². The fourth-order valence-electron chi connectivity index (χ4n) is 2.69. The van der Waals surface area contributed by atoms with Crippen molar-refractivity contribution in [1.82, 2.24) is 4.90 Å². The molecule has 20 heavy (non-hydrogen) atoms. The van der Waals surface area contributed by atoms with Crippen molar-refractivity contribution in [3.63, 3.8) is 0 Å². The van der Waals surface area contributed by atoms with Gasteiger partial charge in [-0.05, 0) is 37.4 Å². The maximum Gasteiger partial charge on any atom is 0.272 e. The zero-order chi connectivity index (χ0) is 14.7. The summed E-state index contributed by atoms with van der Waals surface area (Å²) < 4.78 is 13.9. The summed E-state index contributed by atoms with van der Waals surface area (Å²) in [6.45, 7) is 5.08. The summed E-state index contributed by atoms with van der Waals surface area (Å²) >= 11 is 0. The molecule has 2 rings (SSSR count). The van der Waals surface area contributed by atoms with E-state index in [2.05, 4.69) is 11.8 Å². The first-order chi connectivity index (χ1) is 9.51. The van der Waals surface area contributed by atoms with Crippen LogP contribution in [0.3, 0.4) is 0 Å². The van der Waals surface area contributed by atoms with Gasteiger partial charge in [0, 0.05) is 24.7 Å². The second-order valence-electron chi connectivity index (χ2n) is 5.53. The number of nitro groups is 1. The quantitative estimate of drug-likeness (QED) is 0.678. The molecule has 6 heteroatoms. The van der Waals surface area contributed by atoms with E-state index in [1.807, 2.05) is 0 Å². The topological polar surface area (TPSA) is 72.4 Å². The number of likely N-dealkylation sites (tertiary alicyclic amines) is 1. The number of non-ortho nitro benzene ring substituents is 1. The lowest BCUT2D eigenvalue weighted by atomic mass is 9.87. The Morgan fingerprint density at radius 1 is 1.55 bits per heavy atom. The average molecular weight is 281 g/mol. The van der Waals surface area contributed by atoms with Gasteiger partial charge in [-0.2, -0.15) is 0 Å². The molecule has 1 fully saturated rings. The van der Waals surface area contributed by atoms with E-state index in [0.717, 1.165) is 25.6 Å². The summed E-state index contributed by atoms with van der Waals surface area (Å²) in [5, 5.41) is 10.6. The molecule has 2 N–H and O–H groups in total. The van der Waals surface area contributed by atoms with Gasteiger partial charge in [0.05, 0.1) is 11.0 Å². The molecule has 0 radical (unpaired) electrons. The molecule has 2 unspecified atom stereocenters. The largest absolute Gasteiger partial charge is 0.330 e. The normalized spacial score (nSPS) is 23.8. The van der Waals surface area contributed by atoms with Gasteiger partial charge in [-0.3, -0.25) is 15.0 Å². The van der Waals surface area contributed by atoms with Crippen LogP contribution in [-0.2, 0) is 6.54 Å². The number of benzene rings is 1. The van der Waals surface area contributed by atoms with Gasteiger partial charge in [0.2, 0.25) is 0 Å². The van der Waals surface area contributed by atoms with E-state index < -0.39 is 10.7 Å². The second-order valence-corrected chi connectivity index (χ2v) is 5.53. The van der Waals surface area contributed by atoms with E-state index in [1.165, 1.54) is 12.1 Å².